The van der Waals surface area contributed by atoms with Crippen LogP contribution in [0.5, 0.6) is 0 Å². The highest BCUT2D eigenvalue weighted by atomic mass is 127. The van der Waals surface area contributed by atoms with Gasteiger partial charge in [0.1, 0.15) is 28.5 Å². The lowest BCUT2D eigenvalue weighted by Gasteiger charge is -2.28. The summed E-state index contributed by atoms with van der Waals surface area (Å²) in [5.74, 6) is 1.09. The number of benzene rings is 5. The van der Waals surface area contributed by atoms with E-state index in [1.54, 1.807) is 35.9 Å². The van der Waals surface area contributed by atoms with Gasteiger partial charge in [-0.1, -0.05) is 64.6 Å². The Balaban J connectivity index is 0.000000197. The average molecular weight is 1930 g/mol. The van der Waals surface area contributed by atoms with Crippen LogP contribution >= 0.6 is 126 Å². The lowest BCUT2D eigenvalue weighted by Crippen LogP contribution is -2.41. The van der Waals surface area contributed by atoms with Gasteiger partial charge in [0.05, 0.1) is 174 Å². The van der Waals surface area contributed by atoms with Crippen molar-refractivity contribution in [3.05, 3.63) is 175 Å². The largest absolute Gasteiger partial charge is 0.397 e. The van der Waals surface area contributed by atoms with Crippen molar-refractivity contribution in [2.75, 3.05) is 142 Å². The summed E-state index contributed by atoms with van der Waals surface area (Å²) in [6.45, 7) is 10.7. The van der Waals surface area contributed by atoms with Crippen LogP contribution in [0, 0.1) is 59.2 Å². The average Bonchev–Trinajstić information content (AvgIpc) is 1.63. The molecule has 2 amide bonds. The van der Waals surface area contributed by atoms with Crippen molar-refractivity contribution in [3.63, 3.8) is 0 Å². The standard InChI is InChI=1S/C16H21N5O3.C10H8ClIN2O.C9H8ClIN2O3.C9H10ClIN2O.C9H9ClN2O3.C6H3ClFNO2.C4H10O3.C3H7NO/c1-5-12-14(15(17)23)16(18-3)21(19-12)10-7-11(9-24-4)20(8-10)13(22)6-2;11-7-1-10-9(2-8(7)12)13-5-14(10)6-3-15-4-6;10-6-1-8(12-5-3-16-4-5)9(13(14)15)2-7(6)11;10-6-1-9(8(12)2-7(6)11)13-5-3-14-4-5;10-6-1-2-9(12(13)14)8(3-6)11-7-4-15-5-7;7-4-1-2-6(9(10)11)5(8)3-4;1-5-4(6-2)7-3;4-3-1-5-2-3/h1,6,10-11,18H,2,7-9H2,3-4H3,(H2,17,23);1-2,5-6H,3-4H2;1-2,5,12H,3-4H2;1-2,5,13H,3-4,12H2;1-3,7,11H,4-5H2;1-3H;4H,1-3H3;3H,1-2,4H2/t10-,11+;;;;;;;/m0......./s1. The zero-order chi connectivity index (χ0) is 78.8. The molecule has 10 N–H and O–H groups in total. The Kier molecular flexibility index (Phi) is 37.0. The highest BCUT2D eigenvalue weighted by molar-refractivity contribution is 14.1. The maximum absolute atomic E-state index is 12.6. The van der Waals surface area contributed by atoms with Crippen molar-refractivity contribution < 1.29 is 71.4 Å². The van der Waals surface area contributed by atoms with Crippen LogP contribution in [0.4, 0.5) is 50.0 Å². The summed E-state index contributed by atoms with van der Waals surface area (Å²) in [6.07, 6.45) is 9.19. The molecule has 6 saturated heterocycles. The molecule has 41 heteroatoms. The maximum Gasteiger partial charge on any atom is 0.304 e. The number of anilines is 5. The van der Waals surface area contributed by atoms with Crippen molar-refractivity contribution in [1.29, 1.82) is 0 Å². The highest BCUT2D eigenvalue weighted by Gasteiger charge is 2.38. The number of aromatic nitrogens is 4. The summed E-state index contributed by atoms with van der Waals surface area (Å²) < 4.78 is 63.0. The number of nitrogens with zero attached hydrogens (tertiary/aromatic N) is 8. The molecule has 6 aliphatic heterocycles. The third kappa shape index (κ3) is 26.3. The number of carbonyl (C=O) groups is 2. The Bertz CT molecular complexity index is 4240. The van der Waals surface area contributed by atoms with Crippen LogP contribution < -0.4 is 38.5 Å². The molecule has 0 radical (unpaired) electrons. The quantitative estimate of drug-likeness (QED) is 0.00752. The number of methoxy groups -OCH3 is 4. The molecule has 2 aromatic heterocycles. The third-order valence-corrected chi connectivity index (χ3v) is 20.6. The Hall–Kier alpha value is -6.61. The number of nitro groups is 3. The van der Waals surface area contributed by atoms with Gasteiger partial charge >= 0.3 is 5.69 Å². The molecule has 107 heavy (non-hydrogen) atoms. The summed E-state index contributed by atoms with van der Waals surface area (Å²) in [5.41, 5.74) is 21.0. The minimum Gasteiger partial charge on any atom is -0.397 e. The van der Waals surface area contributed by atoms with Gasteiger partial charge in [-0.3, -0.25) is 39.9 Å². The number of nitro benzene ring substituents is 3. The van der Waals surface area contributed by atoms with Gasteiger partial charge in [0.25, 0.3) is 23.8 Å². The SMILES string of the molecule is C#Cc1nn([C@H]2C[C@H](COC)N(C(=O)C=C)C2)c(NC)c1C(N)=O.COC(OC)OC.Clc1cc2c(cc1I)ncn2C1COC1.NC1COC1.Nc1cc(I)c(Cl)cc1NC1COC1.O=[N+]([O-])c1cc(I)c(Cl)cc1NC1COC1.O=[N+]([O-])c1ccc(Cl)cc1F.O=[N+]([O-])c1ccc(Cl)cc1NC1COC1. The zero-order valence-electron chi connectivity index (χ0n) is 57.8. The number of likely N-dealkylation sites (tertiary alicyclic amines) is 1. The lowest BCUT2D eigenvalue weighted by molar-refractivity contribution is -0.387. The molecule has 0 spiro atoms. The van der Waals surface area contributed by atoms with E-state index in [0.717, 1.165) is 91.4 Å². The summed E-state index contributed by atoms with van der Waals surface area (Å²) in [6, 6.07) is 19.5. The molecule has 32 nitrogen and oxygen atoms in total. The molecule has 8 heterocycles. The van der Waals surface area contributed by atoms with Gasteiger partial charge in [0.2, 0.25) is 11.7 Å². The third-order valence-electron chi connectivity index (χ3n) is 15.5. The molecule has 0 bridgehead atoms. The van der Waals surface area contributed by atoms with E-state index in [4.69, 9.17) is 110 Å². The van der Waals surface area contributed by atoms with E-state index in [1.165, 1.54) is 51.7 Å². The van der Waals surface area contributed by atoms with Crippen LogP contribution in [-0.4, -0.2) is 202 Å². The van der Waals surface area contributed by atoms with Crippen LogP contribution in [0.3, 0.4) is 0 Å². The van der Waals surface area contributed by atoms with Crippen LogP contribution in [0.2, 0.25) is 25.1 Å². The van der Waals surface area contributed by atoms with Gasteiger partial charge in [-0.15, -0.1) is 6.42 Å². The van der Waals surface area contributed by atoms with E-state index in [1.807, 2.05) is 53.2 Å². The summed E-state index contributed by atoms with van der Waals surface area (Å²) in [7, 11) is 7.78. The molecular formula is C66H76Cl5FI3N15O17. The predicted molar refractivity (Wildman–Crippen MR) is 431 cm³/mol. The number of nitrogen functional groups attached to an aromatic ring is 1. The Morgan fingerprint density at radius 3 is 1.62 bits per heavy atom. The molecule has 7 aromatic rings. The first-order valence-corrected chi connectivity index (χ1v) is 36.9. The van der Waals surface area contributed by atoms with Crippen molar-refractivity contribution in [1.82, 2.24) is 24.2 Å². The number of ether oxygens (including phenoxy) is 9. The first kappa shape index (κ1) is 89.3. The van der Waals surface area contributed by atoms with Crippen molar-refractivity contribution >= 4 is 194 Å². The fraction of sp³-hybridized carbons (Fsp3) is 0.394. The van der Waals surface area contributed by atoms with E-state index >= 15 is 0 Å². The first-order chi connectivity index (χ1) is 51.0. The van der Waals surface area contributed by atoms with Crippen molar-refractivity contribution in [3.8, 4) is 12.3 Å². The number of imidazole rings is 1. The Morgan fingerprint density at radius 1 is 0.710 bits per heavy atom. The molecule has 0 unspecified atom stereocenters. The van der Waals surface area contributed by atoms with Gasteiger partial charge in [0.15, 0.2) is 0 Å². The molecule has 0 saturated carbocycles. The van der Waals surface area contributed by atoms with Crippen molar-refractivity contribution in [2.45, 2.75) is 55.2 Å². The number of carbonyl (C=O) groups excluding carboxylic acids is 2. The molecule has 13 rings (SSSR count). The normalized spacial score (nSPS) is 16.4. The number of primary amides is 1. The second-order valence-electron chi connectivity index (χ2n) is 23.2. The van der Waals surface area contributed by atoms with E-state index < -0.39 is 38.7 Å². The molecule has 6 aliphatic rings. The smallest absolute Gasteiger partial charge is 0.304 e. The number of nitrogens with one attached hydrogen (secondary N) is 4. The lowest BCUT2D eigenvalue weighted by atomic mass is 10.1. The van der Waals surface area contributed by atoms with Crippen LogP contribution in [0.15, 0.2) is 91.8 Å². The number of terminal acetylenes is 1. The minimum absolute atomic E-state index is 0.0336. The number of fused-ring (bicyclic) bond motifs is 1. The number of nitrogens with two attached hydrogens (primary N) is 3. The number of amides is 2. The molecule has 580 valence electrons. The molecule has 2 atom stereocenters. The van der Waals surface area contributed by atoms with E-state index in [-0.39, 0.29) is 57.7 Å². The van der Waals surface area contributed by atoms with E-state index in [9.17, 15) is 44.3 Å². The Morgan fingerprint density at radius 2 is 1.19 bits per heavy atom. The van der Waals surface area contributed by atoms with Gasteiger partial charge in [-0.05, 0) is 141 Å². The monoisotopic (exact) mass is 1930 g/mol. The highest BCUT2D eigenvalue weighted by Crippen LogP contribution is 2.36. The fourth-order valence-electron chi connectivity index (χ4n) is 9.84. The van der Waals surface area contributed by atoms with E-state index in [0.29, 0.717) is 94.9 Å². The number of hydrogen-bond donors (Lipinski definition) is 7. The molecular weight excluding hydrogens is 1850 g/mol. The van der Waals surface area contributed by atoms with E-state index in [2.05, 4.69) is 108 Å². The second-order valence-corrected chi connectivity index (χ2v) is 28.7. The van der Waals surface area contributed by atoms with Gasteiger partial charge in [-0.25, -0.2) is 9.67 Å². The summed E-state index contributed by atoms with van der Waals surface area (Å²) >= 11 is 35.5. The van der Waals surface area contributed by atoms with Crippen LogP contribution in [0.1, 0.15) is 34.6 Å². The zero-order valence-corrected chi connectivity index (χ0v) is 68.1. The van der Waals surface area contributed by atoms with Gasteiger partial charge < -0.3 is 90.6 Å². The summed E-state index contributed by atoms with van der Waals surface area (Å²) in [4.78, 5) is 59.8. The maximum atomic E-state index is 12.6. The first-order valence-electron chi connectivity index (χ1n) is 31.7. The topological polar surface area (TPSA) is 412 Å². The predicted octanol–water partition coefficient (Wildman–Crippen LogP) is 11.8. The fourth-order valence-corrected chi connectivity index (χ4v) is 12.0. The second kappa shape index (κ2) is 44.3. The van der Waals surface area contributed by atoms with Gasteiger partial charge in [0, 0.05) is 81.0 Å². The van der Waals surface area contributed by atoms with Crippen LogP contribution in [0.25, 0.3) is 11.0 Å². The van der Waals surface area contributed by atoms with Crippen molar-refractivity contribution in [2.24, 2.45) is 11.5 Å². The Labute approximate surface area is 679 Å². The molecule has 0 aliphatic carbocycles. The number of halogens is 9. The van der Waals surface area contributed by atoms with Crippen LogP contribution in [-0.2, 0) is 47.4 Å². The molecule has 5 aromatic carbocycles. The van der Waals surface area contributed by atoms with Gasteiger partial charge in [-0.2, -0.15) is 9.49 Å². The molecule has 6 fully saturated rings. The number of rotatable bonds is 19. The summed E-state index contributed by atoms with van der Waals surface area (Å²) in [5, 5.41) is 50.9. The number of hydrogen-bond acceptors (Lipinski definition) is 25. The minimum atomic E-state index is -0.914.